The summed E-state index contributed by atoms with van der Waals surface area (Å²) in [4.78, 5) is 12.7. The number of carbonyl (C=O) groups excluding carboxylic acids is 1. The van der Waals surface area contributed by atoms with Gasteiger partial charge in [0.05, 0.1) is 19.1 Å². The first-order chi connectivity index (χ1) is 13.0. The summed E-state index contributed by atoms with van der Waals surface area (Å²) < 4.78 is 2.19. The first-order valence-electron chi connectivity index (χ1n) is 9.52. The number of benzene rings is 1. The van der Waals surface area contributed by atoms with E-state index in [0.29, 0.717) is 18.9 Å². The van der Waals surface area contributed by atoms with Crippen LogP contribution >= 0.6 is 0 Å². The minimum absolute atomic E-state index is 0.0382. The Morgan fingerprint density at radius 3 is 2.96 bits per heavy atom. The van der Waals surface area contributed by atoms with Gasteiger partial charge in [-0.3, -0.25) is 10.1 Å². The number of amides is 1. The summed E-state index contributed by atoms with van der Waals surface area (Å²) in [6.07, 6.45) is 9.08. The van der Waals surface area contributed by atoms with E-state index in [9.17, 15) is 4.79 Å². The van der Waals surface area contributed by atoms with Gasteiger partial charge in [0.2, 0.25) is 5.91 Å². The van der Waals surface area contributed by atoms with Crippen molar-refractivity contribution in [3.63, 3.8) is 0 Å². The van der Waals surface area contributed by atoms with Crippen LogP contribution in [0.15, 0.2) is 24.4 Å². The van der Waals surface area contributed by atoms with Gasteiger partial charge >= 0.3 is 0 Å². The van der Waals surface area contributed by atoms with Crippen LogP contribution in [-0.2, 0) is 17.8 Å². The molecule has 2 atom stereocenters. The van der Waals surface area contributed by atoms with Gasteiger partial charge in [-0.05, 0) is 42.9 Å². The average Bonchev–Trinajstić information content (AvgIpc) is 2.92. The molecule has 1 aliphatic heterocycles. The third kappa shape index (κ3) is 4.02. The molecule has 1 aromatic heterocycles. The highest BCUT2D eigenvalue weighted by molar-refractivity contribution is 5.90. The third-order valence-corrected chi connectivity index (χ3v) is 5.03. The molecule has 0 bridgehead atoms. The lowest BCUT2D eigenvalue weighted by Crippen LogP contribution is -2.46. The van der Waals surface area contributed by atoms with Crippen molar-refractivity contribution in [3.05, 3.63) is 35.5 Å². The summed E-state index contributed by atoms with van der Waals surface area (Å²) in [6, 6.07) is 6.26. The maximum Gasteiger partial charge on any atom is 0.238 e. The van der Waals surface area contributed by atoms with Crippen molar-refractivity contribution in [1.29, 1.82) is 0 Å². The molecule has 3 rings (SSSR count). The molecule has 0 spiro atoms. The van der Waals surface area contributed by atoms with Crippen LogP contribution in [0, 0.1) is 30.1 Å². The summed E-state index contributed by atoms with van der Waals surface area (Å²) in [5, 5.41) is 7.70. The van der Waals surface area contributed by atoms with Gasteiger partial charge < -0.3 is 9.88 Å². The number of carbonyl (C=O) groups is 1. The third-order valence-electron chi connectivity index (χ3n) is 5.03. The molecular formula is C23H27N3O. The number of aromatic nitrogens is 1. The van der Waals surface area contributed by atoms with Crippen LogP contribution in [0.4, 0.5) is 0 Å². The van der Waals surface area contributed by atoms with E-state index in [1.807, 2.05) is 6.92 Å². The van der Waals surface area contributed by atoms with E-state index in [-0.39, 0.29) is 24.5 Å². The molecule has 4 heteroatoms. The molecule has 140 valence electrons. The fourth-order valence-corrected chi connectivity index (χ4v) is 3.92. The van der Waals surface area contributed by atoms with Gasteiger partial charge in [0.15, 0.2) is 0 Å². The predicted molar refractivity (Wildman–Crippen MR) is 110 cm³/mol. The van der Waals surface area contributed by atoms with E-state index in [0.717, 1.165) is 6.42 Å². The second kappa shape index (κ2) is 8.33. The quantitative estimate of drug-likeness (QED) is 0.804. The van der Waals surface area contributed by atoms with Crippen LogP contribution in [0.5, 0.6) is 0 Å². The van der Waals surface area contributed by atoms with E-state index in [2.05, 4.69) is 71.2 Å². The Kier molecular flexibility index (Phi) is 5.89. The van der Waals surface area contributed by atoms with E-state index in [1.165, 1.54) is 22.0 Å². The van der Waals surface area contributed by atoms with E-state index < -0.39 is 0 Å². The first kappa shape index (κ1) is 19.1. The molecule has 2 aromatic rings. The molecule has 4 nitrogen and oxygen atoms in total. The van der Waals surface area contributed by atoms with Crippen LogP contribution in [0.2, 0.25) is 0 Å². The molecular weight excluding hydrogens is 334 g/mol. The van der Waals surface area contributed by atoms with Crippen molar-refractivity contribution in [2.45, 2.75) is 52.2 Å². The lowest BCUT2D eigenvalue weighted by Gasteiger charge is -2.25. The largest absolute Gasteiger partial charge is 0.344 e. The van der Waals surface area contributed by atoms with Crippen molar-refractivity contribution in [3.8, 4) is 24.2 Å². The zero-order chi connectivity index (χ0) is 19.4. The Hall–Kier alpha value is -2.69. The molecule has 0 saturated carbocycles. The maximum absolute atomic E-state index is 12.7. The topological polar surface area (TPSA) is 46.1 Å². The van der Waals surface area contributed by atoms with Crippen LogP contribution in [0.25, 0.3) is 10.9 Å². The molecule has 1 aromatic carbocycles. The fourth-order valence-electron chi connectivity index (χ4n) is 3.92. The first-order valence-corrected chi connectivity index (χ1v) is 9.52. The number of terminal acetylenes is 1. The summed E-state index contributed by atoms with van der Waals surface area (Å²) in [7, 11) is 0. The van der Waals surface area contributed by atoms with Gasteiger partial charge in [-0.25, -0.2) is 0 Å². The molecule has 27 heavy (non-hydrogen) atoms. The summed E-state index contributed by atoms with van der Waals surface area (Å²) in [5.74, 6) is 9.08. The number of nitrogens with zero attached hydrogens (tertiary/aromatic N) is 1. The highest BCUT2D eigenvalue weighted by Gasteiger charge is 2.30. The van der Waals surface area contributed by atoms with Crippen molar-refractivity contribution in [1.82, 2.24) is 15.2 Å². The smallest absolute Gasteiger partial charge is 0.238 e. The zero-order valence-corrected chi connectivity index (χ0v) is 16.3. The van der Waals surface area contributed by atoms with Crippen LogP contribution < -0.4 is 10.6 Å². The van der Waals surface area contributed by atoms with Crippen molar-refractivity contribution < 1.29 is 4.79 Å². The van der Waals surface area contributed by atoms with Gasteiger partial charge in [0.25, 0.3) is 0 Å². The van der Waals surface area contributed by atoms with E-state index in [4.69, 9.17) is 6.42 Å². The molecule has 2 heterocycles. The molecule has 0 fully saturated rings. The van der Waals surface area contributed by atoms with Crippen molar-refractivity contribution >= 4 is 16.8 Å². The SMILES string of the molecule is C#CCNC(=O)[C@@H]1Cc2cn(CC#CC)c3cccc(c23)[C@H](CC(C)C)N1. The van der Waals surface area contributed by atoms with Gasteiger partial charge in [-0.15, -0.1) is 12.3 Å². The lowest BCUT2D eigenvalue weighted by molar-refractivity contribution is -0.123. The van der Waals surface area contributed by atoms with Crippen LogP contribution in [0.1, 0.15) is 44.4 Å². The fraction of sp³-hybridized carbons (Fsp3) is 0.435. The van der Waals surface area contributed by atoms with Crippen LogP contribution in [-0.4, -0.2) is 23.1 Å². The Morgan fingerprint density at radius 1 is 1.44 bits per heavy atom. The summed E-state index contributed by atoms with van der Waals surface area (Å²) in [6.45, 7) is 7.19. The van der Waals surface area contributed by atoms with Crippen molar-refractivity contribution in [2.24, 2.45) is 5.92 Å². The minimum atomic E-state index is -0.300. The highest BCUT2D eigenvalue weighted by Crippen LogP contribution is 2.35. The zero-order valence-electron chi connectivity index (χ0n) is 16.3. The van der Waals surface area contributed by atoms with Gasteiger partial charge in [-0.2, -0.15) is 0 Å². The predicted octanol–water partition coefficient (Wildman–Crippen LogP) is 3.02. The second-order valence-electron chi connectivity index (χ2n) is 7.48. The number of nitrogens with one attached hydrogen (secondary N) is 2. The molecule has 0 radical (unpaired) electrons. The Bertz CT molecular complexity index is 936. The molecule has 0 saturated heterocycles. The summed E-state index contributed by atoms with van der Waals surface area (Å²) in [5.41, 5.74) is 3.65. The number of hydrogen-bond acceptors (Lipinski definition) is 2. The molecule has 0 unspecified atom stereocenters. The van der Waals surface area contributed by atoms with Crippen LogP contribution in [0.3, 0.4) is 0 Å². The van der Waals surface area contributed by atoms with Gasteiger partial charge in [0, 0.05) is 23.1 Å². The normalized spacial score (nSPS) is 18.5. The average molecular weight is 361 g/mol. The lowest BCUT2D eigenvalue weighted by atomic mass is 9.94. The minimum Gasteiger partial charge on any atom is -0.344 e. The highest BCUT2D eigenvalue weighted by atomic mass is 16.2. The molecule has 2 N–H and O–H groups in total. The molecule has 1 amide bonds. The summed E-state index contributed by atoms with van der Waals surface area (Å²) >= 11 is 0. The standard InChI is InChI=1S/C23H27N3O/c1-5-7-12-26-15-17-14-20(23(27)24-11-6-2)25-19(13-16(3)4)18-9-8-10-21(26)22(17)18/h2,8-10,15-16,19-20,25H,11-14H2,1,3-4H3,(H,24,27)/t19-,20-/m0/s1. The molecule has 1 aliphatic rings. The Morgan fingerprint density at radius 2 is 2.26 bits per heavy atom. The van der Waals surface area contributed by atoms with E-state index >= 15 is 0 Å². The molecule has 0 aliphatic carbocycles. The van der Waals surface area contributed by atoms with E-state index in [1.54, 1.807) is 0 Å². The monoisotopic (exact) mass is 361 g/mol. The van der Waals surface area contributed by atoms with Gasteiger partial charge in [-0.1, -0.05) is 37.8 Å². The number of rotatable bonds is 5. The second-order valence-corrected chi connectivity index (χ2v) is 7.48. The Labute approximate surface area is 161 Å². The van der Waals surface area contributed by atoms with Gasteiger partial charge in [0.1, 0.15) is 0 Å². The van der Waals surface area contributed by atoms with Crippen molar-refractivity contribution in [2.75, 3.05) is 6.54 Å². The maximum atomic E-state index is 12.7. The number of hydrogen-bond donors (Lipinski definition) is 2. The Balaban J connectivity index is 2.08.